The highest BCUT2D eigenvalue weighted by Crippen LogP contribution is 2.31. The van der Waals surface area contributed by atoms with E-state index in [0.717, 1.165) is 11.8 Å². The van der Waals surface area contributed by atoms with Gasteiger partial charge in [0.25, 0.3) is 5.91 Å². The third-order valence-electron chi connectivity index (χ3n) is 5.24. The van der Waals surface area contributed by atoms with Gasteiger partial charge in [-0.3, -0.25) is 9.59 Å². The predicted octanol–water partition coefficient (Wildman–Crippen LogP) is 3.77. The van der Waals surface area contributed by atoms with Gasteiger partial charge in [0.05, 0.1) is 5.56 Å². The molecule has 3 aromatic rings. The van der Waals surface area contributed by atoms with Gasteiger partial charge in [-0.2, -0.15) is 0 Å². The molecule has 0 unspecified atom stereocenters. The van der Waals surface area contributed by atoms with Crippen LogP contribution in [-0.2, 0) is 4.79 Å². The van der Waals surface area contributed by atoms with Crippen LogP contribution in [-0.4, -0.2) is 34.4 Å². The number of likely N-dealkylation sites (tertiary alicyclic amines) is 1. The maximum atomic E-state index is 13.1. The Balaban J connectivity index is 1.58. The predicted molar refractivity (Wildman–Crippen MR) is 113 cm³/mol. The number of fused-ring (bicyclic) bond motifs is 1. The molecule has 1 aliphatic rings. The molecule has 1 aliphatic heterocycles. The molecule has 5 nitrogen and oxygen atoms in total. The molecule has 0 aromatic heterocycles. The van der Waals surface area contributed by atoms with Gasteiger partial charge in [-0.1, -0.05) is 42.3 Å². The van der Waals surface area contributed by atoms with E-state index >= 15 is 0 Å². The average molecular weight is 384 g/mol. The Kier molecular flexibility index (Phi) is 4.92. The van der Waals surface area contributed by atoms with Crippen LogP contribution in [0.2, 0.25) is 0 Å². The van der Waals surface area contributed by atoms with E-state index < -0.39 is 6.04 Å². The molecule has 29 heavy (non-hydrogen) atoms. The lowest BCUT2D eigenvalue weighted by Crippen LogP contribution is -2.43. The van der Waals surface area contributed by atoms with Crippen LogP contribution in [0.15, 0.2) is 60.7 Å². The topological polar surface area (TPSA) is 69.6 Å². The van der Waals surface area contributed by atoms with Crippen LogP contribution in [0.5, 0.6) is 5.75 Å². The van der Waals surface area contributed by atoms with E-state index in [1.54, 1.807) is 42.5 Å². The Morgan fingerprint density at radius 3 is 2.76 bits per heavy atom. The third kappa shape index (κ3) is 3.53. The number of nitrogens with one attached hydrogen (secondary N) is 1. The molecular formula is C24H20N2O3. The number of phenols is 1. The van der Waals surface area contributed by atoms with Crippen molar-refractivity contribution in [2.45, 2.75) is 18.9 Å². The van der Waals surface area contributed by atoms with E-state index in [2.05, 4.69) is 11.2 Å². The number of hydrogen-bond donors (Lipinski definition) is 2. The molecule has 0 spiro atoms. The standard InChI is InChI=1S/C24H20N2O3/c1-2-16-7-5-9-18(15-16)25-23(28)21-11-6-14-26(21)24(29)20-13-12-17-8-3-4-10-19(17)22(20)27/h1,3-5,7-10,12-13,15,21,27H,6,11,14H2,(H,25,28)/t21-/m0/s1. The number of amides is 2. The number of aromatic hydroxyl groups is 1. The second kappa shape index (κ2) is 7.69. The summed E-state index contributed by atoms with van der Waals surface area (Å²) in [5, 5.41) is 14.9. The van der Waals surface area contributed by atoms with Crippen molar-refractivity contribution in [2.75, 3.05) is 11.9 Å². The maximum absolute atomic E-state index is 13.1. The lowest BCUT2D eigenvalue weighted by Gasteiger charge is -2.24. The number of carbonyl (C=O) groups excluding carboxylic acids is 2. The van der Waals surface area contributed by atoms with Crippen LogP contribution >= 0.6 is 0 Å². The Bertz CT molecular complexity index is 1150. The number of hydrogen-bond acceptors (Lipinski definition) is 3. The molecule has 2 amide bonds. The van der Waals surface area contributed by atoms with Crippen molar-refractivity contribution >= 4 is 28.3 Å². The minimum atomic E-state index is -0.595. The smallest absolute Gasteiger partial charge is 0.258 e. The summed E-state index contributed by atoms with van der Waals surface area (Å²) in [6.07, 6.45) is 6.71. The SMILES string of the molecule is C#Cc1cccc(NC(=O)[C@@H]2CCCN2C(=O)c2ccc3ccccc3c2O)c1. The van der Waals surface area contributed by atoms with Crippen LogP contribution in [0, 0.1) is 12.3 Å². The van der Waals surface area contributed by atoms with Crippen LogP contribution < -0.4 is 5.32 Å². The van der Waals surface area contributed by atoms with Gasteiger partial charge in [-0.25, -0.2) is 0 Å². The quantitative estimate of drug-likeness (QED) is 0.676. The number of nitrogens with zero attached hydrogens (tertiary/aromatic N) is 1. The molecule has 1 atom stereocenters. The maximum Gasteiger partial charge on any atom is 0.258 e. The molecule has 2 N–H and O–H groups in total. The summed E-state index contributed by atoms with van der Waals surface area (Å²) in [6, 6.07) is 17.2. The van der Waals surface area contributed by atoms with Crippen molar-refractivity contribution < 1.29 is 14.7 Å². The van der Waals surface area contributed by atoms with E-state index in [-0.39, 0.29) is 23.1 Å². The molecule has 3 aromatic carbocycles. The van der Waals surface area contributed by atoms with Gasteiger partial charge in [0.15, 0.2) is 0 Å². The Labute approximate surface area is 169 Å². The number of rotatable bonds is 3. The van der Waals surface area contributed by atoms with Gasteiger partial charge in [0.1, 0.15) is 11.8 Å². The van der Waals surface area contributed by atoms with Crippen LogP contribution in [0.25, 0.3) is 10.8 Å². The highest BCUT2D eigenvalue weighted by Gasteiger charge is 2.35. The highest BCUT2D eigenvalue weighted by molar-refractivity contribution is 6.06. The molecule has 144 valence electrons. The van der Waals surface area contributed by atoms with Crippen molar-refractivity contribution in [1.29, 1.82) is 0 Å². The summed E-state index contributed by atoms with van der Waals surface area (Å²) in [5.74, 6) is 1.88. The van der Waals surface area contributed by atoms with Crippen molar-refractivity contribution in [3.63, 3.8) is 0 Å². The summed E-state index contributed by atoms with van der Waals surface area (Å²) < 4.78 is 0. The van der Waals surface area contributed by atoms with Crippen LogP contribution in [0.1, 0.15) is 28.8 Å². The molecule has 4 rings (SSSR count). The van der Waals surface area contributed by atoms with Crippen LogP contribution in [0.3, 0.4) is 0 Å². The normalized spacial score (nSPS) is 15.8. The summed E-state index contributed by atoms with van der Waals surface area (Å²) in [6.45, 7) is 0.466. The molecule has 1 saturated heterocycles. The minimum Gasteiger partial charge on any atom is -0.506 e. The van der Waals surface area contributed by atoms with Crippen LogP contribution in [0.4, 0.5) is 5.69 Å². The zero-order valence-electron chi connectivity index (χ0n) is 15.8. The highest BCUT2D eigenvalue weighted by atomic mass is 16.3. The fourth-order valence-electron chi connectivity index (χ4n) is 3.78. The minimum absolute atomic E-state index is 0.0547. The molecule has 0 radical (unpaired) electrons. The Hall–Kier alpha value is -3.78. The Morgan fingerprint density at radius 2 is 1.93 bits per heavy atom. The van der Waals surface area contributed by atoms with E-state index in [0.29, 0.717) is 29.6 Å². The van der Waals surface area contributed by atoms with Crippen molar-refractivity contribution in [1.82, 2.24) is 4.90 Å². The first kappa shape index (κ1) is 18.6. The average Bonchev–Trinajstić information content (AvgIpc) is 3.24. The second-order valence-corrected chi connectivity index (χ2v) is 7.05. The molecule has 1 fully saturated rings. The molecule has 0 saturated carbocycles. The largest absolute Gasteiger partial charge is 0.506 e. The fraction of sp³-hybridized carbons (Fsp3) is 0.167. The van der Waals surface area contributed by atoms with Crippen molar-refractivity contribution in [3.05, 3.63) is 71.8 Å². The van der Waals surface area contributed by atoms with E-state index in [1.165, 1.54) is 4.90 Å². The molecule has 5 heteroatoms. The summed E-state index contributed by atoms with van der Waals surface area (Å²) in [7, 11) is 0. The monoisotopic (exact) mass is 384 g/mol. The van der Waals surface area contributed by atoms with E-state index in [1.807, 2.05) is 18.2 Å². The van der Waals surface area contributed by atoms with Gasteiger partial charge in [-0.05, 0) is 42.5 Å². The van der Waals surface area contributed by atoms with E-state index in [9.17, 15) is 14.7 Å². The number of terminal acetylenes is 1. The summed E-state index contributed by atoms with van der Waals surface area (Å²) in [4.78, 5) is 27.5. The van der Waals surface area contributed by atoms with Crippen molar-refractivity contribution in [3.8, 4) is 18.1 Å². The molecule has 0 aliphatic carbocycles. The number of anilines is 1. The number of benzene rings is 3. The molecular weight excluding hydrogens is 364 g/mol. The number of carbonyl (C=O) groups is 2. The molecule has 1 heterocycles. The van der Waals surface area contributed by atoms with Gasteiger partial charge in [0.2, 0.25) is 5.91 Å². The van der Waals surface area contributed by atoms with E-state index in [4.69, 9.17) is 6.42 Å². The third-order valence-corrected chi connectivity index (χ3v) is 5.24. The molecule has 0 bridgehead atoms. The first-order valence-electron chi connectivity index (χ1n) is 9.47. The van der Waals surface area contributed by atoms with Gasteiger partial charge in [-0.15, -0.1) is 6.42 Å². The summed E-state index contributed by atoms with van der Waals surface area (Å²) >= 11 is 0. The lowest BCUT2D eigenvalue weighted by molar-refractivity contribution is -0.119. The Morgan fingerprint density at radius 1 is 1.10 bits per heavy atom. The second-order valence-electron chi connectivity index (χ2n) is 7.05. The first-order chi connectivity index (χ1) is 14.1. The fourth-order valence-corrected chi connectivity index (χ4v) is 3.78. The first-order valence-corrected chi connectivity index (χ1v) is 9.47. The number of phenolic OH excluding ortho intramolecular Hbond substituents is 1. The van der Waals surface area contributed by atoms with Crippen molar-refractivity contribution in [2.24, 2.45) is 0 Å². The zero-order chi connectivity index (χ0) is 20.4. The van der Waals surface area contributed by atoms with Gasteiger partial charge in [0, 0.05) is 23.2 Å². The van der Waals surface area contributed by atoms with Gasteiger partial charge >= 0.3 is 0 Å². The summed E-state index contributed by atoms with van der Waals surface area (Å²) in [5.41, 5.74) is 1.47. The lowest BCUT2D eigenvalue weighted by atomic mass is 10.0. The zero-order valence-corrected chi connectivity index (χ0v) is 15.8. The van der Waals surface area contributed by atoms with Gasteiger partial charge < -0.3 is 15.3 Å².